The van der Waals surface area contributed by atoms with Crippen LogP contribution in [0.2, 0.25) is 5.02 Å². The van der Waals surface area contributed by atoms with Crippen molar-refractivity contribution >= 4 is 33.1 Å². The summed E-state index contributed by atoms with van der Waals surface area (Å²) in [6, 6.07) is 5.11. The van der Waals surface area contributed by atoms with Crippen LogP contribution in [-0.4, -0.2) is 50.5 Å². The number of hydrogen-bond acceptors (Lipinski definition) is 5. The second-order valence-corrected chi connectivity index (χ2v) is 11.1. The fourth-order valence-corrected chi connectivity index (χ4v) is 6.42. The minimum absolute atomic E-state index is 0.0185. The predicted molar refractivity (Wildman–Crippen MR) is 122 cm³/mol. The van der Waals surface area contributed by atoms with Crippen molar-refractivity contribution in [2.24, 2.45) is 5.41 Å². The molecular weight excluding hydrogens is 477 g/mol. The van der Waals surface area contributed by atoms with E-state index in [9.17, 15) is 17.2 Å². The van der Waals surface area contributed by atoms with E-state index in [-0.39, 0.29) is 11.1 Å². The molecule has 1 aliphatic heterocycles. The second-order valence-electron chi connectivity index (χ2n) is 9.13. The van der Waals surface area contributed by atoms with E-state index in [0.29, 0.717) is 25.2 Å². The number of hydrogen-bond donors (Lipinski definition) is 1. The predicted octanol–water partition coefficient (Wildman–Crippen LogP) is 4.65. The highest BCUT2D eigenvalue weighted by Gasteiger charge is 2.53. The Morgan fingerprint density at radius 3 is 2.61 bits per heavy atom. The van der Waals surface area contributed by atoms with E-state index < -0.39 is 43.3 Å². The molecule has 0 radical (unpaired) electrons. The Morgan fingerprint density at radius 1 is 1.27 bits per heavy atom. The van der Waals surface area contributed by atoms with Crippen molar-refractivity contribution in [1.82, 2.24) is 9.88 Å². The smallest absolute Gasteiger partial charge is 0.268 e. The van der Waals surface area contributed by atoms with E-state index >= 15 is 4.39 Å². The molecule has 2 aliphatic rings. The minimum atomic E-state index is -4.74. The topological polar surface area (TPSA) is 65.5 Å². The quantitative estimate of drug-likeness (QED) is 0.460. The summed E-state index contributed by atoms with van der Waals surface area (Å²) >= 11 is 6.23. The zero-order valence-electron chi connectivity index (χ0n) is 18.6. The van der Waals surface area contributed by atoms with Gasteiger partial charge in [0.1, 0.15) is 16.7 Å². The highest BCUT2D eigenvalue weighted by molar-refractivity contribution is 7.92. The third-order valence-electron chi connectivity index (χ3n) is 6.97. The molecule has 11 heteroatoms. The number of benzene rings is 1. The molecule has 1 aliphatic carbocycles. The number of sulfonamides is 1. The molecule has 1 spiro atoms. The maximum absolute atomic E-state index is 15.1. The Hall–Kier alpha value is -2.04. The molecule has 33 heavy (non-hydrogen) atoms. The van der Waals surface area contributed by atoms with Crippen molar-refractivity contribution in [3.05, 3.63) is 46.9 Å². The molecule has 1 N–H and O–H groups in total. The monoisotopic (exact) mass is 502 g/mol. The summed E-state index contributed by atoms with van der Waals surface area (Å²) in [7, 11) is -2.65. The molecule has 180 valence electrons. The average molecular weight is 503 g/mol. The van der Waals surface area contributed by atoms with E-state index in [1.165, 1.54) is 12.1 Å². The molecule has 4 rings (SSSR count). The van der Waals surface area contributed by atoms with Crippen molar-refractivity contribution in [2.45, 2.75) is 50.1 Å². The van der Waals surface area contributed by atoms with Crippen LogP contribution in [0.5, 0.6) is 0 Å². The van der Waals surface area contributed by atoms with Crippen LogP contribution >= 0.6 is 11.6 Å². The molecule has 1 aromatic carbocycles. The number of anilines is 2. The molecule has 0 unspecified atom stereocenters. The van der Waals surface area contributed by atoms with E-state index in [0.717, 1.165) is 31.4 Å². The number of aromatic nitrogens is 1. The molecule has 6 nitrogen and oxygen atoms in total. The number of halogens is 4. The lowest BCUT2D eigenvalue weighted by molar-refractivity contribution is -0.0121. The van der Waals surface area contributed by atoms with Gasteiger partial charge in [0.2, 0.25) is 5.95 Å². The van der Waals surface area contributed by atoms with Crippen molar-refractivity contribution in [1.29, 1.82) is 0 Å². The normalized spacial score (nSPS) is 22.9. The zero-order valence-corrected chi connectivity index (χ0v) is 20.2. The summed E-state index contributed by atoms with van der Waals surface area (Å²) in [5.74, 6) is -4.01. The van der Waals surface area contributed by atoms with Gasteiger partial charge in [-0.15, -0.1) is 0 Å². The van der Waals surface area contributed by atoms with Gasteiger partial charge in [-0.1, -0.05) is 17.7 Å². The van der Waals surface area contributed by atoms with Crippen LogP contribution in [0.25, 0.3) is 0 Å². The molecule has 2 aromatic rings. The third kappa shape index (κ3) is 4.28. The van der Waals surface area contributed by atoms with Gasteiger partial charge in [-0.25, -0.2) is 22.2 Å². The fourth-order valence-electron chi connectivity index (χ4n) is 4.95. The van der Waals surface area contributed by atoms with Gasteiger partial charge in [0.15, 0.2) is 10.7 Å². The minimum Gasteiger partial charge on any atom is -0.370 e. The van der Waals surface area contributed by atoms with Gasteiger partial charge in [-0.3, -0.25) is 4.72 Å². The molecule has 1 aromatic heterocycles. The van der Waals surface area contributed by atoms with Crippen molar-refractivity contribution < 1.29 is 21.6 Å². The SMILES string of the molecule is CC(C)N(C)[C@H]1CC[C@@]12CCN(c1cc(F)c(S(=O)(=O)Nc3cccc(F)n3)c(F)c1Cl)C2. The first kappa shape index (κ1) is 24.1. The largest absolute Gasteiger partial charge is 0.370 e. The first-order chi connectivity index (χ1) is 15.4. The number of rotatable bonds is 6. The Kier molecular flexibility index (Phi) is 6.30. The highest BCUT2D eigenvalue weighted by Crippen LogP contribution is 2.52. The van der Waals surface area contributed by atoms with Gasteiger partial charge in [0, 0.05) is 36.7 Å². The molecule has 1 saturated heterocycles. The first-order valence-corrected chi connectivity index (χ1v) is 12.6. The van der Waals surface area contributed by atoms with Crippen LogP contribution in [0.3, 0.4) is 0 Å². The molecule has 0 bridgehead atoms. The summed E-state index contributed by atoms with van der Waals surface area (Å²) in [5, 5.41) is -0.464. The second kappa shape index (κ2) is 8.63. The van der Waals surface area contributed by atoms with Crippen molar-refractivity contribution in [3.63, 3.8) is 0 Å². The number of nitrogens with one attached hydrogen (secondary N) is 1. The molecule has 0 amide bonds. The average Bonchev–Trinajstić information content (AvgIpc) is 3.17. The molecule has 1 saturated carbocycles. The standard InChI is InChI=1S/C22H26ClF3N4O2S/c1-13(2)29(3)16-7-8-22(16)9-10-30(12-22)15-11-14(24)21(20(26)19(15)23)33(31,32)28-18-6-4-5-17(25)27-18/h4-6,11,13,16H,7-10,12H2,1-3H3,(H,27,28)/t16-,22-/m0/s1. The molecule has 2 atom stereocenters. The third-order valence-corrected chi connectivity index (χ3v) is 8.72. The lowest BCUT2D eigenvalue weighted by atomic mass is 9.63. The number of pyridine rings is 1. The Morgan fingerprint density at radius 2 is 2.00 bits per heavy atom. The lowest BCUT2D eigenvalue weighted by Gasteiger charge is -2.52. The van der Waals surface area contributed by atoms with E-state index in [4.69, 9.17) is 11.6 Å². The highest BCUT2D eigenvalue weighted by atomic mass is 35.5. The van der Waals surface area contributed by atoms with Gasteiger partial charge < -0.3 is 9.80 Å². The van der Waals surface area contributed by atoms with Crippen molar-refractivity contribution in [3.8, 4) is 0 Å². The van der Waals surface area contributed by atoms with Crippen LogP contribution in [0.1, 0.15) is 33.1 Å². The zero-order chi connectivity index (χ0) is 24.1. The van der Waals surface area contributed by atoms with Crippen LogP contribution in [0, 0.1) is 23.0 Å². The Labute approximate surface area is 196 Å². The van der Waals surface area contributed by atoms with Crippen molar-refractivity contribution in [2.75, 3.05) is 29.8 Å². The first-order valence-electron chi connectivity index (χ1n) is 10.7. The van der Waals surface area contributed by atoms with Gasteiger partial charge in [0.05, 0.1) is 5.69 Å². The van der Waals surface area contributed by atoms with Gasteiger partial charge >= 0.3 is 0 Å². The van der Waals surface area contributed by atoms with Crippen LogP contribution in [-0.2, 0) is 10.0 Å². The molecule has 2 heterocycles. The van der Waals surface area contributed by atoms with Gasteiger partial charge in [-0.2, -0.15) is 4.39 Å². The summed E-state index contributed by atoms with van der Waals surface area (Å²) in [6.45, 7) is 5.42. The van der Waals surface area contributed by atoms with E-state index in [1.54, 1.807) is 0 Å². The van der Waals surface area contributed by atoms with Crippen LogP contribution in [0.15, 0.2) is 29.2 Å². The summed E-state index contributed by atoms with van der Waals surface area (Å²) < 4.78 is 70.6. The summed E-state index contributed by atoms with van der Waals surface area (Å²) in [4.78, 5) is 6.30. The van der Waals surface area contributed by atoms with Crippen LogP contribution in [0.4, 0.5) is 24.7 Å². The Balaban J connectivity index is 1.62. The van der Waals surface area contributed by atoms with E-state index in [1.807, 2.05) is 9.62 Å². The summed E-state index contributed by atoms with van der Waals surface area (Å²) in [6.07, 6.45) is 2.95. The van der Waals surface area contributed by atoms with Gasteiger partial charge in [0.25, 0.3) is 10.0 Å². The Bertz CT molecular complexity index is 1180. The molecule has 2 fully saturated rings. The fraction of sp³-hybridized carbons (Fsp3) is 0.500. The lowest BCUT2D eigenvalue weighted by Crippen LogP contribution is -2.57. The maximum Gasteiger partial charge on any atom is 0.268 e. The van der Waals surface area contributed by atoms with Gasteiger partial charge in [-0.05, 0) is 52.3 Å². The van der Waals surface area contributed by atoms with E-state index in [2.05, 4.69) is 30.8 Å². The maximum atomic E-state index is 15.1. The van der Waals surface area contributed by atoms with Crippen LogP contribution < -0.4 is 9.62 Å². The molecular formula is C22H26ClF3N4O2S. The number of nitrogens with zero attached hydrogens (tertiary/aromatic N) is 3. The summed E-state index contributed by atoms with van der Waals surface area (Å²) in [5.41, 5.74) is 0.147.